The molecular weight excluding hydrogens is 943 g/mol. The van der Waals surface area contributed by atoms with Crippen LogP contribution in [0.4, 0.5) is 0 Å². The second-order valence-corrected chi connectivity index (χ2v) is 18.0. The van der Waals surface area contributed by atoms with E-state index in [0.29, 0.717) is 29.7 Å². The molecule has 5 rings (SSSR count). The first-order valence-corrected chi connectivity index (χ1v) is 24.2. The highest BCUT2D eigenvalue weighted by atomic mass is 16.2. The number of fused-ring (bicyclic) bond motifs is 1. The van der Waals surface area contributed by atoms with Gasteiger partial charge in [0, 0.05) is 68.1 Å². The molecule has 0 aliphatic carbocycles. The van der Waals surface area contributed by atoms with E-state index < -0.39 is 108 Å². The number of para-hydroxylation sites is 1. The Hall–Kier alpha value is -8.31. The fraction of sp³-hybridized carbons (Fsp3) is 0.449. The number of nitrogens with two attached hydrogens (primary N) is 3. The van der Waals surface area contributed by atoms with Crippen molar-refractivity contribution in [1.29, 1.82) is 0 Å². The van der Waals surface area contributed by atoms with Crippen molar-refractivity contribution >= 4 is 70.0 Å². The van der Waals surface area contributed by atoms with Gasteiger partial charge in [-0.2, -0.15) is 0 Å². The van der Waals surface area contributed by atoms with Crippen molar-refractivity contribution in [2.45, 2.75) is 133 Å². The van der Waals surface area contributed by atoms with Gasteiger partial charge in [0.2, 0.25) is 53.2 Å². The van der Waals surface area contributed by atoms with Crippen molar-refractivity contribution in [1.82, 2.24) is 57.5 Å². The minimum atomic E-state index is -1.63. The molecule has 24 nitrogen and oxygen atoms in total. The van der Waals surface area contributed by atoms with Crippen molar-refractivity contribution < 1.29 is 43.2 Å². The summed E-state index contributed by atoms with van der Waals surface area (Å²) < 4.78 is 0. The Balaban J connectivity index is 1.55. The van der Waals surface area contributed by atoms with E-state index in [1.807, 2.05) is 31.2 Å². The molecule has 1 unspecified atom stereocenters. The van der Waals surface area contributed by atoms with E-state index in [9.17, 15) is 43.2 Å². The zero-order chi connectivity index (χ0) is 53.0. The Morgan fingerprint density at radius 2 is 1.45 bits per heavy atom. The number of benzene rings is 2. The van der Waals surface area contributed by atoms with Crippen molar-refractivity contribution in [2.75, 3.05) is 6.54 Å². The topological polar surface area (TPSA) is 385 Å². The van der Waals surface area contributed by atoms with E-state index in [4.69, 9.17) is 17.2 Å². The van der Waals surface area contributed by atoms with Crippen LogP contribution in [0.2, 0.25) is 0 Å². The van der Waals surface area contributed by atoms with Gasteiger partial charge in [-0.1, -0.05) is 68.3 Å². The highest BCUT2D eigenvalue weighted by molar-refractivity contribution is 5.98. The van der Waals surface area contributed by atoms with E-state index in [0.717, 1.165) is 10.9 Å². The molecule has 24 heteroatoms. The van der Waals surface area contributed by atoms with Gasteiger partial charge in [0.1, 0.15) is 42.3 Å². The van der Waals surface area contributed by atoms with Crippen LogP contribution in [0.15, 0.2) is 78.3 Å². The molecule has 0 radical (unpaired) electrons. The molecular formula is C49H67N15O9. The maximum Gasteiger partial charge on any atom is 0.245 e. The van der Waals surface area contributed by atoms with E-state index in [1.165, 1.54) is 26.4 Å². The number of unbranched alkanes of at least 4 members (excludes halogenated alkanes) is 1. The average molecular weight is 1010 g/mol. The van der Waals surface area contributed by atoms with Crippen molar-refractivity contribution in [3.05, 3.63) is 90.1 Å². The van der Waals surface area contributed by atoms with Gasteiger partial charge in [0.05, 0.1) is 12.4 Å². The van der Waals surface area contributed by atoms with E-state index >= 15 is 0 Å². The molecule has 392 valence electrons. The molecule has 0 spiro atoms. The SMILES string of the molecule is CCCC[C@H](NC(C)=O)C(=O)N[C@H]1CCC(=O)NC(C)[C@@H](C(=O)N[C@@H](Cc2c[nH]c3ccccc23)C(N)=O)NC(=O)[C@H](CCCN=C(N)N)NC(=O)[C@@H](Cc2ccccc2)NC(=O)[C@H](Cc2cnc[nH]2)NC1=O. The average Bonchev–Trinajstić information content (AvgIpc) is 4.03. The molecule has 1 saturated heterocycles. The first-order chi connectivity index (χ1) is 34.9. The van der Waals surface area contributed by atoms with Crippen LogP contribution in [0.5, 0.6) is 0 Å². The lowest BCUT2D eigenvalue weighted by Crippen LogP contribution is -2.63. The molecule has 2 aromatic heterocycles. The predicted octanol–water partition coefficient (Wildman–Crippen LogP) is -1.64. The zero-order valence-electron chi connectivity index (χ0n) is 41.1. The standard InChI is InChI=1S/C49H67N15O9/c1-4-5-15-34(58-28(3)65)43(68)60-36-18-19-40(66)57-27(2)41(48(73)61-37(42(50)67)22-30-24-55-33-16-10-9-14-32(30)33)64-45(70)35(17-11-20-54-49(51)52)59-46(71)38(21-29-12-7-6-8-13-29)62-47(72)39(63-44(36)69)23-31-25-53-26-56-31/h6-10,12-14,16,24-27,34-39,41,55H,4-5,11,15,17-23H2,1-3H3,(H2,50,67)(H,53,56)(H,57,66)(H,58,65)(H,59,71)(H,60,68)(H,61,73)(H,62,72)(H,63,69)(H,64,70)(H4,51,52,54)/t27?,34-,35-,36-,37-,38+,39-,41-/m0/s1. The van der Waals surface area contributed by atoms with Gasteiger partial charge in [-0.3, -0.25) is 48.1 Å². The van der Waals surface area contributed by atoms with Gasteiger partial charge in [0.25, 0.3) is 0 Å². The summed E-state index contributed by atoms with van der Waals surface area (Å²) >= 11 is 0. The third-order valence-electron chi connectivity index (χ3n) is 12.2. The molecule has 1 fully saturated rings. The molecule has 16 N–H and O–H groups in total. The summed E-state index contributed by atoms with van der Waals surface area (Å²) in [5, 5.41) is 22.2. The number of rotatable bonds is 19. The Morgan fingerprint density at radius 1 is 0.781 bits per heavy atom. The highest BCUT2D eigenvalue weighted by Crippen LogP contribution is 2.19. The first kappa shape index (κ1) is 55.6. The number of hydrogen-bond acceptors (Lipinski definition) is 11. The lowest BCUT2D eigenvalue weighted by molar-refractivity contribution is -0.136. The number of hydrogen-bond donors (Lipinski definition) is 13. The number of nitrogens with one attached hydrogen (secondary N) is 10. The summed E-state index contributed by atoms with van der Waals surface area (Å²) in [5.41, 5.74) is 19.4. The fourth-order valence-electron chi connectivity index (χ4n) is 8.30. The van der Waals surface area contributed by atoms with Crippen LogP contribution in [0, 0.1) is 0 Å². The molecule has 1 aliphatic rings. The number of H-pyrrole nitrogens is 2. The highest BCUT2D eigenvalue weighted by Gasteiger charge is 2.37. The van der Waals surface area contributed by atoms with E-state index in [2.05, 4.69) is 62.5 Å². The van der Waals surface area contributed by atoms with Crippen LogP contribution in [-0.2, 0) is 62.4 Å². The van der Waals surface area contributed by atoms with Gasteiger partial charge in [-0.25, -0.2) is 4.98 Å². The fourth-order valence-corrected chi connectivity index (χ4v) is 8.30. The quantitative estimate of drug-likeness (QED) is 0.0286. The first-order valence-electron chi connectivity index (χ1n) is 24.2. The number of carbonyl (C=O) groups excluding carboxylic acids is 9. The second kappa shape index (κ2) is 27.3. The van der Waals surface area contributed by atoms with Gasteiger partial charge in [-0.15, -0.1) is 0 Å². The third kappa shape index (κ3) is 17.2. The number of amides is 9. The van der Waals surface area contributed by atoms with Gasteiger partial charge >= 0.3 is 0 Å². The molecule has 4 aromatic rings. The lowest BCUT2D eigenvalue weighted by atomic mass is 10.0. The number of carbonyl (C=O) groups is 9. The Morgan fingerprint density at radius 3 is 2.12 bits per heavy atom. The molecule has 0 bridgehead atoms. The van der Waals surface area contributed by atoms with Crippen molar-refractivity contribution in [3.8, 4) is 0 Å². The largest absolute Gasteiger partial charge is 0.370 e. The number of imidazole rings is 1. The number of primary amides is 1. The lowest BCUT2D eigenvalue weighted by Gasteiger charge is -2.30. The number of aromatic amines is 2. The smallest absolute Gasteiger partial charge is 0.245 e. The third-order valence-corrected chi connectivity index (χ3v) is 12.2. The van der Waals surface area contributed by atoms with Gasteiger partial charge in [0.15, 0.2) is 5.96 Å². The Bertz CT molecular complexity index is 2580. The van der Waals surface area contributed by atoms with Crippen LogP contribution in [0.25, 0.3) is 10.9 Å². The van der Waals surface area contributed by atoms with Crippen LogP contribution >= 0.6 is 0 Å². The molecule has 9 amide bonds. The van der Waals surface area contributed by atoms with Crippen molar-refractivity contribution in [3.63, 3.8) is 0 Å². The number of aromatic nitrogens is 3. The number of aliphatic imine (C=N–C) groups is 1. The minimum absolute atomic E-state index is 0.0414. The normalized spacial score (nSPS) is 21.1. The maximum atomic E-state index is 14.6. The van der Waals surface area contributed by atoms with Crippen molar-refractivity contribution in [2.24, 2.45) is 22.2 Å². The van der Waals surface area contributed by atoms with E-state index in [-0.39, 0.29) is 57.5 Å². The molecule has 2 aromatic carbocycles. The summed E-state index contributed by atoms with van der Waals surface area (Å²) in [4.78, 5) is 139. The number of nitrogens with zero attached hydrogens (tertiary/aromatic N) is 2. The summed E-state index contributed by atoms with van der Waals surface area (Å²) in [7, 11) is 0. The monoisotopic (exact) mass is 1010 g/mol. The summed E-state index contributed by atoms with van der Waals surface area (Å²) in [6.45, 7) is 4.61. The molecule has 0 saturated carbocycles. The second-order valence-electron chi connectivity index (χ2n) is 18.0. The van der Waals surface area contributed by atoms with E-state index in [1.54, 1.807) is 36.5 Å². The maximum absolute atomic E-state index is 14.6. The summed E-state index contributed by atoms with van der Waals surface area (Å²) in [5.74, 6) is -7.43. The van der Waals surface area contributed by atoms with Crippen LogP contribution in [-0.4, -0.2) is 129 Å². The zero-order valence-corrected chi connectivity index (χ0v) is 41.1. The molecule has 3 heterocycles. The molecule has 8 atom stereocenters. The summed E-state index contributed by atoms with van der Waals surface area (Å²) in [6, 6.07) is 5.09. The minimum Gasteiger partial charge on any atom is -0.370 e. The van der Waals surface area contributed by atoms with Crippen LogP contribution < -0.4 is 59.7 Å². The molecule has 73 heavy (non-hydrogen) atoms. The van der Waals surface area contributed by atoms with Gasteiger partial charge < -0.3 is 69.7 Å². The van der Waals surface area contributed by atoms with Crippen LogP contribution in [0.3, 0.4) is 0 Å². The van der Waals surface area contributed by atoms with Crippen LogP contribution in [0.1, 0.15) is 82.5 Å². The van der Waals surface area contributed by atoms with Gasteiger partial charge in [-0.05, 0) is 49.8 Å². The molecule has 1 aliphatic heterocycles. The predicted molar refractivity (Wildman–Crippen MR) is 269 cm³/mol. The number of guanidine groups is 1. The summed E-state index contributed by atoms with van der Waals surface area (Å²) in [6.07, 6.45) is 4.89. The Kier molecular flexibility index (Phi) is 20.8. The Labute approximate surface area is 421 Å².